The topological polar surface area (TPSA) is 60.2 Å². The maximum atomic E-state index is 10.0. The van der Waals surface area contributed by atoms with Gasteiger partial charge >= 0.3 is 0 Å². The Bertz CT molecular complexity index is 452. The van der Waals surface area contributed by atoms with Crippen molar-refractivity contribution >= 4 is 0 Å². The van der Waals surface area contributed by atoms with Crippen LogP contribution in [-0.2, 0) is 10.3 Å². The smallest absolute Gasteiger partial charge is 0.114 e. The third-order valence-electron chi connectivity index (χ3n) is 4.74. The molecule has 2 aliphatic rings. The highest BCUT2D eigenvalue weighted by Crippen LogP contribution is 2.42. The highest BCUT2D eigenvalue weighted by Gasteiger charge is 2.39. The van der Waals surface area contributed by atoms with Crippen molar-refractivity contribution in [2.24, 2.45) is 0 Å². The lowest BCUT2D eigenvalue weighted by Crippen LogP contribution is -2.42. The van der Waals surface area contributed by atoms with E-state index >= 15 is 0 Å². The van der Waals surface area contributed by atoms with Crippen LogP contribution in [0.5, 0.6) is 0 Å². The third-order valence-corrected chi connectivity index (χ3v) is 4.74. The van der Waals surface area contributed by atoms with Gasteiger partial charge in [0.2, 0.25) is 0 Å². The van der Waals surface area contributed by atoms with Crippen LogP contribution in [0.15, 0.2) is 6.20 Å². The summed E-state index contributed by atoms with van der Waals surface area (Å²) in [5.41, 5.74) is -0.213. The van der Waals surface area contributed by atoms with Crippen LogP contribution in [0, 0.1) is 0 Å². The molecule has 1 N–H and O–H groups in total. The first kappa shape index (κ1) is 14.0. The van der Waals surface area contributed by atoms with E-state index < -0.39 is 5.60 Å². The summed E-state index contributed by atoms with van der Waals surface area (Å²) in [6.07, 6.45) is 10.2. The predicted molar refractivity (Wildman–Crippen MR) is 75.3 cm³/mol. The molecule has 0 amide bonds. The molecule has 1 aromatic heterocycles. The van der Waals surface area contributed by atoms with Gasteiger partial charge in [-0.25, -0.2) is 4.68 Å². The first-order valence-corrected chi connectivity index (χ1v) is 7.77. The molecule has 0 aromatic carbocycles. The van der Waals surface area contributed by atoms with Gasteiger partial charge in [-0.2, -0.15) is 0 Å². The lowest BCUT2D eigenvalue weighted by Gasteiger charge is -2.43. The second-order valence-electron chi connectivity index (χ2n) is 6.88. The molecule has 1 saturated heterocycles. The first-order chi connectivity index (χ1) is 9.49. The van der Waals surface area contributed by atoms with Crippen molar-refractivity contribution in [2.45, 2.75) is 76.0 Å². The Balaban J connectivity index is 1.75. The molecule has 1 spiro atoms. The highest BCUT2D eigenvalue weighted by molar-refractivity contribution is 5.04. The molecule has 112 valence electrons. The van der Waals surface area contributed by atoms with Gasteiger partial charge in [0.1, 0.15) is 11.3 Å². The minimum absolute atomic E-state index is 0.0714. The molecule has 0 bridgehead atoms. The number of aliphatic hydroxyl groups is 1. The van der Waals surface area contributed by atoms with Crippen LogP contribution in [-0.4, -0.2) is 32.3 Å². The van der Waals surface area contributed by atoms with Crippen LogP contribution < -0.4 is 0 Å². The molecule has 1 aliphatic carbocycles. The Morgan fingerprint density at radius 2 is 2.10 bits per heavy atom. The van der Waals surface area contributed by atoms with Gasteiger partial charge in [-0.15, -0.1) is 5.10 Å². The maximum absolute atomic E-state index is 10.0. The summed E-state index contributed by atoms with van der Waals surface area (Å²) < 4.78 is 8.06. The Hall–Kier alpha value is -0.940. The van der Waals surface area contributed by atoms with Crippen LogP contribution in [0.1, 0.15) is 70.5 Å². The van der Waals surface area contributed by atoms with Gasteiger partial charge in [0.15, 0.2) is 0 Å². The van der Waals surface area contributed by atoms with Gasteiger partial charge in [-0.3, -0.25) is 0 Å². The summed E-state index contributed by atoms with van der Waals surface area (Å²) in [5, 5.41) is 18.4. The SMILES string of the molecule is CC(C)(O)c1cn(C2CCOC3(CCCCC3)C2)nn1. The molecular formula is C15H25N3O2. The Labute approximate surface area is 120 Å². The average molecular weight is 279 g/mol. The molecule has 1 aromatic rings. The van der Waals surface area contributed by atoms with E-state index in [2.05, 4.69) is 10.3 Å². The quantitative estimate of drug-likeness (QED) is 0.904. The van der Waals surface area contributed by atoms with E-state index in [4.69, 9.17) is 4.74 Å². The van der Waals surface area contributed by atoms with Crippen molar-refractivity contribution < 1.29 is 9.84 Å². The van der Waals surface area contributed by atoms with Gasteiger partial charge in [-0.1, -0.05) is 24.5 Å². The molecule has 3 rings (SSSR count). The van der Waals surface area contributed by atoms with Crippen LogP contribution in [0.4, 0.5) is 0 Å². The minimum Gasteiger partial charge on any atom is -0.384 e. The number of hydrogen-bond acceptors (Lipinski definition) is 4. The Morgan fingerprint density at radius 1 is 1.35 bits per heavy atom. The lowest BCUT2D eigenvalue weighted by atomic mass is 9.78. The number of aromatic nitrogens is 3. The van der Waals surface area contributed by atoms with Crippen LogP contribution in [0.2, 0.25) is 0 Å². The van der Waals surface area contributed by atoms with E-state index in [1.54, 1.807) is 13.8 Å². The van der Waals surface area contributed by atoms with Crippen molar-refractivity contribution in [2.75, 3.05) is 6.61 Å². The van der Waals surface area contributed by atoms with Crippen molar-refractivity contribution in [1.29, 1.82) is 0 Å². The Morgan fingerprint density at radius 3 is 2.75 bits per heavy atom. The fourth-order valence-corrected chi connectivity index (χ4v) is 3.51. The molecule has 1 aliphatic heterocycles. The summed E-state index contributed by atoms with van der Waals surface area (Å²) in [6, 6.07) is 0.352. The third kappa shape index (κ3) is 2.74. The van der Waals surface area contributed by atoms with Gasteiger partial charge in [0.05, 0.1) is 17.8 Å². The second kappa shape index (κ2) is 5.11. The van der Waals surface area contributed by atoms with Gasteiger partial charge in [0.25, 0.3) is 0 Å². The second-order valence-corrected chi connectivity index (χ2v) is 6.88. The molecule has 1 saturated carbocycles. The maximum Gasteiger partial charge on any atom is 0.114 e. The van der Waals surface area contributed by atoms with Crippen molar-refractivity contribution in [1.82, 2.24) is 15.0 Å². The van der Waals surface area contributed by atoms with E-state index in [0.717, 1.165) is 19.4 Å². The number of nitrogens with zero attached hydrogens (tertiary/aromatic N) is 3. The fourth-order valence-electron chi connectivity index (χ4n) is 3.51. The van der Waals surface area contributed by atoms with E-state index in [9.17, 15) is 5.11 Å². The molecule has 2 heterocycles. The molecule has 1 unspecified atom stereocenters. The van der Waals surface area contributed by atoms with Crippen LogP contribution >= 0.6 is 0 Å². The average Bonchev–Trinajstić information content (AvgIpc) is 2.89. The zero-order valence-electron chi connectivity index (χ0n) is 12.5. The monoisotopic (exact) mass is 279 g/mol. The van der Waals surface area contributed by atoms with Crippen molar-refractivity contribution in [3.05, 3.63) is 11.9 Å². The van der Waals surface area contributed by atoms with E-state index in [1.807, 2.05) is 10.9 Å². The standard InChI is InChI=1S/C15H25N3O2/c1-14(2,19)13-11-18(17-16-13)12-6-9-20-15(10-12)7-4-3-5-8-15/h11-12,19H,3-10H2,1-2H3. The summed E-state index contributed by atoms with van der Waals surface area (Å²) in [6.45, 7) is 4.30. The highest BCUT2D eigenvalue weighted by atomic mass is 16.5. The molecule has 5 heteroatoms. The zero-order valence-corrected chi connectivity index (χ0v) is 12.5. The summed E-state index contributed by atoms with van der Waals surface area (Å²) in [7, 11) is 0. The fraction of sp³-hybridized carbons (Fsp3) is 0.867. The molecule has 1 atom stereocenters. The molecule has 2 fully saturated rings. The lowest BCUT2D eigenvalue weighted by molar-refractivity contribution is -0.115. The normalized spacial score (nSPS) is 26.9. The molecule has 0 radical (unpaired) electrons. The number of rotatable bonds is 2. The van der Waals surface area contributed by atoms with Gasteiger partial charge in [-0.05, 0) is 39.5 Å². The van der Waals surface area contributed by atoms with Crippen LogP contribution in [0.25, 0.3) is 0 Å². The summed E-state index contributed by atoms with van der Waals surface area (Å²) >= 11 is 0. The summed E-state index contributed by atoms with van der Waals surface area (Å²) in [4.78, 5) is 0. The number of ether oxygens (including phenoxy) is 1. The summed E-state index contributed by atoms with van der Waals surface area (Å²) in [5.74, 6) is 0. The van der Waals surface area contributed by atoms with Crippen molar-refractivity contribution in [3.63, 3.8) is 0 Å². The van der Waals surface area contributed by atoms with E-state index in [1.165, 1.54) is 32.1 Å². The van der Waals surface area contributed by atoms with E-state index in [-0.39, 0.29) is 5.60 Å². The molecular weight excluding hydrogens is 254 g/mol. The Kier molecular flexibility index (Phi) is 3.58. The predicted octanol–water partition coefficient (Wildman–Crippen LogP) is 2.56. The first-order valence-electron chi connectivity index (χ1n) is 7.77. The molecule has 5 nitrogen and oxygen atoms in total. The van der Waals surface area contributed by atoms with Crippen LogP contribution in [0.3, 0.4) is 0 Å². The van der Waals surface area contributed by atoms with Crippen molar-refractivity contribution in [3.8, 4) is 0 Å². The van der Waals surface area contributed by atoms with Gasteiger partial charge < -0.3 is 9.84 Å². The number of hydrogen-bond donors (Lipinski definition) is 1. The van der Waals surface area contributed by atoms with Gasteiger partial charge in [0, 0.05) is 6.61 Å². The minimum atomic E-state index is -0.925. The largest absolute Gasteiger partial charge is 0.384 e. The zero-order chi connectivity index (χ0) is 14.2. The van der Waals surface area contributed by atoms with E-state index in [0.29, 0.717) is 11.7 Å². The molecule has 20 heavy (non-hydrogen) atoms.